The Hall–Kier alpha value is -1.05. The lowest BCUT2D eigenvalue weighted by Gasteiger charge is -2.32. The van der Waals surface area contributed by atoms with E-state index in [1.165, 1.54) is 26.0 Å². The van der Waals surface area contributed by atoms with Crippen molar-refractivity contribution in [2.24, 2.45) is 5.84 Å². The number of sulfone groups is 1. The van der Waals surface area contributed by atoms with Gasteiger partial charge in [-0.05, 0) is 31.9 Å². The summed E-state index contributed by atoms with van der Waals surface area (Å²) in [5.74, 6) is 3.41. The Morgan fingerprint density at radius 2 is 1.95 bits per heavy atom. The monoisotopic (exact) mass is 292 g/mol. The second kappa shape index (κ2) is 5.52. The van der Waals surface area contributed by atoms with Crippen LogP contribution in [-0.4, -0.2) is 25.5 Å². The maximum atomic E-state index is 13.6. The van der Waals surface area contributed by atoms with Gasteiger partial charge < -0.3 is 0 Å². The first-order valence-corrected chi connectivity index (χ1v) is 7.59. The van der Waals surface area contributed by atoms with Gasteiger partial charge in [0.15, 0.2) is 21.5 Å². The predicted molar refractivity (Wildman–Crippen MR) is 70.1 cm³/mol. The fourth-order valence-electron chi connectivity index (χ4n) is 1.69. The topological polar surface area (TPSA) is 72.2 Å². The Morgan fingerprint density at radius 3 is 2.42 bits per heavy atom. The van der Waals surface area contributed by atoms with Gasteiger partial charge in [-0.1, -0.05) is 12.1 Å². The number of hydrogen-bond donors (Lipinski definition) is 2. The molecule has 0 radical (unpaired) electrons. The summed E-state index contributed by atoms with van der Waals surface area (Å²) in [5, 5.41) is 0. The summed E-state index contributed by atoms with van der Waals surface area (Å²) >= 11 is 0. The molecule has 0 aliphatic heterocycles. The molecule has 1 aromatic rings. The van der Waals surface area contributed by atoms with Crippen LogP contribution in [0.1, 0.15) is 19.4 Å². The van der Waals surface area contributed by atoms with Gasteiger partial charge in [0.05, 0.1) is 4.75 Å². The number of nitrogens with two attached hydrogens (primary N) is 1. The Balaban J connectivity index is 3.11. The van der Waals surface area contributed by atoms with E-state index in [-0.39, 0.29) is 12.0 Å². The van der Waals surface area contributed by atoms with Crippen LogP contribution in [0.5, 0.6) is 0 Å². The second-order valence-electron chi connectivity index (χ2n) is 5.01. The predicted octanol–water partition coefficient (Wildman–Crippen LogP) is 1.16. The van der Waals surface area contributed by atoms with E-state index in [1.54, 1.807) is 0 Å². The summed E-state index contributed by atoms with van der Waals surface area (Å²) in [5.41, 5.74) is 2.46. The average Bonchev–Trinajstić information content (AvgIpc) is 2.29. The SMILES string of the molecule is CC(C)(C(Cc1cccc(F)c1F)NN)S(C)(=O)=O. The molecule has 0 saturated carbocycles. The summed E-state index contributed by atoms with van der Waals surface area (Å²) in [6, 6.07) is 3.04. The van der Waals surface area contributed by atoms with Crippen molar-refractivity contribution in [3.05, 3.63) is 35.4 Å². The molecule has 0 saturated heterocycles. The molecule has 0 aliphatic rings. The van der Waals surface area contributed by atoms with Crippen LogP contribution in [0.15, 0.2) is 18.2 Å². The third-order valence-corrected chi connectivity index (χ3v) is 5.65. The first kappa shape index (κ1) is 16.0. The molecule has 4 nitrogen and oxygen atoms in total. The number of benzene rings is 1. The van der Waals surface area contributed by atoms with Crippen molar-refractivity contribution < 1.29 is 17.2 Å². The summed E-state index contributed by atoms with van der Waals surface area (Å²) in [6.45, 7) is 2.98. The fourth-order valence-corrected chi connectivity index (χ4v) is 2.36. The first-order valence-electron chi connectivity index (χ1n) is 5.70. The number of hydrazine groups is 1. The number of hydrogen-bond acceptors (Lipinski definition) is 4. The van der Waals surface area contributed by atoms with E-state index in [1.807, 2.05) is 0 Å². The molecule has 7 heteroatoms. The highest BCUT2D eigenvalue weighted by Gasteiger charge is 2.38. The zero-order chi connectivity index (χ0) is 14.8. The second-order valence-corrected chi connectivity index (χ2v) is 7.61. The zero-order valence-electron chi connectivity index (χ0n) is 11.1. The van der Waals surface area contributed by atoms with Gasteiger partial charge in [-0.15, -0.1) is 0 Å². The van der Waals surface area contributed by atoms with Gasteiger partial charge in [0.1, 0.15) is 0 Å². The molecule has 1 rings (SSSR count). The van der Waals surface area contributed by atoms with E-state index in [9.17, 15) is 17.2 Å². The molecule has 0 amide bonds. The van der Waals surface area contributed by atoms with E-state index in [4.69, 9.17) is 5.84 Å². The van der Waals surface area contributed by atoms with E-state index < -0.39 is 32.3 Å². The molecule has 0 heterocycles. The lowest BCUT2D eigenvalue weighted by Crippen LogP contribution is -2.55. The summed E-state index contributed by atoms with van der Waals surface area (Å²) in [6.07, 6.45) is 1.05. The van der Waals surface area contributed by atoms with Crippen LogP contribution >= 0.6 is 0 Å². The minimum atomic E-state index is -3.42. The van der Waals surface area contributed by atoms with Crippen LogP contribution in [0.3, 0.4) is 0 Å². The van der Waals surface area contributed by atoms with Crippen LogP contribution in [0, 0.1) is 11.6 Å². The molecule has 1 aromatic carbocycles. The van der Waals surface area contributed by atoms with Crippen molar-refractivity contribution in [1.82, 2.24) is 5.43 Å². The van der Waals surface area contributed by atoms with Gasteiger partial charge in [0.25, 0.3) is 0 Å². The molecular formula is C12H18F2N2O2S. The van der Waals surface area contributed by atoms with Gasteiger partial charge in [-0.25, -0.2) is 17.2 Å². The van der Waals surface area contributed by atoms with Crippen molar-refractivity contribution in [2.75, 3.05) is 6.26 Å². The molecule has 1 unspecified atom stereocenters. The van der Waals surface area contributed by atoms with Gasteiger partial charge in [-0.3, -0.25) is 11.3 Å². The summed E-state index contributed by atoms with van der Waals surface area (Å²) in [7, 11) is -3.42. The van der Waals surface area contributed by atoms with Gasteiger partial charge in [0.2, 0.25) is 0 Å². The molecule has 0 fully saturated rings. The highest BCUT2D eigenvalue weighted by molar-refractivity contribution is 7.92. The summed E-state index contributed by atoms with van der Waals surface area (Å²) in [4.78, 5) is 0. The molecule has 0 bridgehead atoms. The molecular weight excluding hydrogens is 274 g/mol. The molecule has 0 aromatic heterocycles. The molecule has 0 spiro atoms. The van der Waals surface area contributed by atoms with E-state index in [0.29, 0.717) is 0 Å². The van der Waals surface area contributed by atoms with E-state index >= 15 is 0 Å². The average molecular weight is 292 g/mol. The van der Waals surface area contributed by atoms with Crippen LogP contribution < -0.4 is 11.3 Å². The Labute approximate surface area is 111 Å². The van der Waals surface area contributed by atoms with Crippen molar-refractivity contribution in [1.29, 1.82) is 0 Å². The largest absolute Gasteiger partial charge is 0.271 e. The minimum Gasteiger partial charge on any atom is -0.271 e. The quantitative estimate of drug-likeness (QED) is 0.631. The molecule has 19 heavy (non-hydrogen) atoms. The lowest BCUT2D eigenvalue weighted by molar-refractivity contribution is 0.403. The Bertz CT molecular complexity index is 559. The highest BCUT2D eigenvalue weighted by Crippen LogP contribution is 2.24. The molecule has 1 atom stereocenters. The Morgan fingerprint density at radius 1 is 1.37 bits per heavy atom. The van der Waals surface area contributed by atoms with Crippen molar-refractivity contribution in [3.63, 3.8) is 0 Å². The maximum Gasteiger partial charge on any atom is 0.162 e. The summed E-state index contributed by atoms with van der Waals surface area (Å²) < 4.78 is 49.0. The van der Waals surface area contributed by atoms with Crippen LogP contribution in [0.2, 0.25) is 0 Å². The number of nitrogens with one attached hydrogen (secondary N) is 1. The van der Waals surface area contributed by atoms with Crippen LogP contribution in [0.25, 0.3) is 0 Å². The van der Waals surface area contributed by atoms with E-state index in [0.717, 1.165) is 12.3 Å². The fraction of sp³-hybridized carbons (Fsp3) is 0.500. The number of halogens is 2. The third-order valence-electron chi connectivity index (χ3n) is 3.45. The van der Waals surface area contributed by atoms with Crippen LogP contribution in [-0.2, 0) is 16.3 Å². The standard InChI is InChI=1S/C12H18F2N2O2S/c1-12(2,19(3,17)18)10(16-15)7-8-5-4-6-9(13)11(8)14/h4-6,10,16H,7,15H2,1-3H3. The van der Waals surface area contributed by atoms with Gasteiger partial charge >= 0.3 is 0 Å². The van der Waals surface area contributed by atoms with E-state index in [2.05, 4.69) is 5.43 Å². The van der Waals surface area contributed by atoms with Crippen LogP contribution in [0.4, 0.5) is 8.78 Å². The lowest BCUT2D eigenvalue weighted by atomic mass is 9.96. The highest BCUT2D eigenvalue weighted by atomic mass is 32.2. The molecule has 0 aliphatic carbocycles. The van der Waals surface area contributed by atoms with Crippen molar-refractivity contribution in [3.8, 4) is 0 Å². The zero-order valence-corrected chi connectivity index (χ0v) is 11.9. The van der Waals surface area contributed by atoms with Gasteiger partial charge in [0, 0.05) is 12.3 Å². The minimum absolute atomic E-state index is 0.0276. The molecule has 108 valence electrons. The number of rotatable bonds is 5. The maximum absolute atomic E-state index is 13.6. The van der Waals surface area contributed by atoms with Crippen molar-refractivity contribution >= 4 is 9.84 Å². The first-order chi connectivity index (χ1) is 8.61. The van der Waals surface area contributed by atoms with Crippen molar-refractivity contribution in [2.45, 2.75) is 31.1 Å². The third kappa shape index (κ3) is 3.29. The Kier molecular flexibility index (Phi) is 4.65. The normalized spacial score (nSPS) is 14.4. The van der Waals surface area contributed by atoms with Gasteiger partial charge in [-0.2, -0.15) is 0 Å². The smallest absolute Gasteiger partial charge is 0.162 e. The molecule has 3 N–H and O–H groups in total.